The van der Waals surface area contributed by atoms with Crippen molar-refractivity contribution in [1.29, 1.82) is 0 Å². The second-order valence-electron chi connectivity index (χ2n) is 3.54. The van der Waals surface area contributed by atoms with E-state index >= 15 is 0 Å². The number of rotatable bonds is 1. The second kappa shape index (κ2) is 3.34. The third kappa shape index (κ3) is 1.32. The second-order valence-corrected chi connectivity index (χ2v) is 3.54. The van der Waals surface area contributed by atoms with E-state index in [0.29, 0.717) is 5.56 Å². The number of hydrogen-bond acceptors (Lipinski definition) is 2. The number of carbonyl (C=O) groups excluding carboxylic acids is 1. The van der Waals surface area contributed by atoms with Crippen molar-refractivity contribution in [2.24, 2.45) is 0 Å². The summed E-state index contributed by atoms with van der Waals surface area (Å²) in [6, 6.07) is 9.21. The Labute approximate surface area is 91.5 Å². The summed E-state index contributed by atoms with van der Waals surface area (Å²) < 4.78 is 1.33. The van der Waals surface area contributed by atoms with E-state index in [0.717, 1.165) is 10.9 Å². The maximum Gasteiger partial charge on any atom is 0.278 e. The minimum absolute atomic E-state index is 0.117. The zero-order valence-corrected chi connectivity index (χ0v) is 8.42. The maximum absolute atomic E-state index is 12.0. The lowest BCUT2D eigenvalue weighted by atomic mass is 10.1. The van der Waals surface area contributed by atoms with Crippen molar-refractivity contribution in [2.75, 3.05) is 0 Å². The summed E-state index contributed by atoms with van der Waals surface area (Å²) in [5.74, 6) is -0.117. The van der Waals surface area contributed by atoms with Gasteiger partial charge in [0.2, 0.25) is 0 Å². The number of benzene rings is 1. The molecular formula is C12H9N3O. The average molecular weight is 211 g/mol. The SMILES string of the molecule is O=C(c1ccc2[nH]ccc2c1)n1cccn1. The molecule has 0 saturated heterocycles. The van der Waals surface area contributed by atoms with Gasteiger partial charge in [0.25, 0.3) is 5.91 Å². The number of hydrogen-bond donors (Lipinski definition) is 1. The third-order valence-electron chi connectivity index (χ3n) is 2.51. The number of aromatic nitrogens is 3. The fraction of sp³-hybridized carbons (Fsp3) is 0. The van der Waals surface area contributed by atoms with Crippen molar-refractivity contribution in [3.63, 3.8) is 0 Å². The number of fused-ring (bicyclic) bond motifs is 1. The first kappa shape index (κ1) is 8.91. The first-order chi connectivity index (χ1) is 7.84. The molecular weight excluding hydrogens is 202 g/mol. The van der Waals surface area contributed by atoms with Gasteiger partial charge >= 0.3 is 0 Å². The zero-order valence-electron chi connectivity index (χ0n) is 8.42. The third-order valence-corrected chi connectivity index (χ3v) is 2.51. The summed E-state index contributed by atoms with van der Waals surface area (Å²) in [4.78, 5) is 15.0. The van der Waals surface area contributed by atoms with Crippen LogP contribution < -0.4 is 0 Å². The van der Waals surface area contributed by atoms with Gasteiger partial charge in [-0.25, -0.2) is 4.68 Å². The van der Waals surface area contributed by atoms with Crippen LogP contribution in [0.25, 0.3) is 10.9 Å². The van der Waals surface area contributed by atoms with E-state index in [1.807, 2.05) is 24.4 Å². The van der Waals surface area contributed by atoms with Gasteiger partial charge in [-0.2, -0.15) is 5.10 Å². The van der Waals surface area contributed by atoms with E-state index in [1.54, 1.807) is 24.5 Å². The number of nitrogens with zero attached hydrogens (tertiary/aromatic N) is 2. The van der Waals surface area contributed by atoms with Gasteiger partial charge in [0.15, 0.2) is 0 Å². The standard InChI is InChI=1S/C12H9N3O/c16-12(15-7-1-5-14-15)10-2-3-11-9(8-10)4-6-13-11/h1-8,13H. The van der Waals surface area contributed by atoms with E-state index in [4.69, 9.17) is 0 Å². The van der Waals surface area contributed by atoms with Gasteiger partial charge in [-0.05, 0) is 30.3 Å². The molecule has 0 atom stereocenters. The Morgan fingerprint density at radius 2 is 2.25 bits per heavy atom. The molecule has 4 nitrogen and oxygen atoms in total. The predicted octanol–water partition coefficient (Wildman–Crippen LogP) is 2.05. The fourth-order valence-electron chi connectivity index (χ4n) is 1.71. The molecule has 0 radical (unpaired) electrons. The van der Waals surface area contributed by atoms with E-state index in [1.165, 1.54) is 4.68 Å². The van der Waals surface area contributed by atoms with E-state index in [-0.39, 0.29) is 5.91 Å². The Balaban J connectivity index is 2.09. The van der Waals surface area contributed by atoms with Gasteiger partial charge < -0.3 is 4.98 Å². The number of aromatic amines is 1. The van der Waals surface area contributed by atoms with Gasteiger partial charge in [-0.3, -0.25) is 4.79 Å². The average Bonchev–Trinajstić information content (AvgIpc) is 2.98. The molecule has 0 unspecified atom stereocenters. The van der Waals surface area contributed by atoms with Gasteiger partial charge in [0.05, 0.1) is 0 Å². The number of carbonyl (C=O) groups is 1. The van der Waals surface area contributed by atoms with Crippen molar-refractivity contribution in [2.45, 2.75) is 0 Å². The van der Waals surface area contributed by atoms with Crippen LogP contribution in [-0.2, 0) is 0 Å². The maximum atomic E-state index is 12.0. The Morgan fingerprint density at radius 1 is 1.31 bits per heavy atom. The molecule has 78 valence electrons. The molecule has 0 bridgehead atoms. The summed E-state index contributed by atoms with van der Waals surface area (Å²) in [6.45, 7) is 0. The molecule has 0 amide bonds. The van der Waals surface area contributed by atoms with E-state index in [9.17, 15) is 4.79 Å². The highest BCUT2D eigenvalue weighted by atomic mass is 16.2. The first-order valence-corrected chi connectivity index (χ1v) is 4.96. The highest BCUT2D eigenvalue weighted by molar-refractivity contribution is 5.98. The fourth-order valence-corrected chi connectivity index (χ4v) is 1.71. The molecule has 0 spiro atoms. The monoisotopic (exact) mass is 211 g/mol. The van der Waals surface area contributed by atoms with Crippen LogP contribution >= 0.6 is 0 Å². The molecule has 0 fully saturated rings. The van der Waals surface area contributed by atoms with E-state index in [2.05, 4.69) is 10.1 Å². The number of nitrogens with one attached hydrogen (secondary N) is 1. The first-order valence-electron chi connectivity index (χ1n) is 4.96. The lowest BCUT2D eigenvalue weighted by molar-refractivity contribution is 0.0945. The van der Waals surface area contributed by atoms with Crippen LogP contribution in [-0.4, -0.2) is 20.7 Å². The molecule has 0 aliphatic heterocycles. The van der Waals surface area contributed by atoms with Crippen molar-refractivity contribution >= 4 is 16.8 Å². The Kier molecular flexibility index (Phi) is 1.86. The normalized spacial score (nSPS) is 10.8. The quantitative estimate of drug-likeness (QED) is 0.669. The Morgan fingerprint density at radius 3 is 3.06 bits per heavy atom. The van der Waals surface area contributed by atoms with Crippen LogP contribution in [0.1, 0.15) is 10.4 Å². The van der Waals surface area contributed by atoms with Crippen LogP contribution in [0.3, 0.4) is 0 Å². The van der Waals surface area contributed by atoms with Crippen LogP contribution in [0, 0.1) is 0 Å². The summed E-state index contributed by atoms with van der Waals surface area (Å²) in [6.07, 6.45) is 5.09. The molecule has 1 N–H and O–H groups in total. The zero-order chi connectivity index (χ0) is 11.0. The summed E-state index contributed by atoms with van der Waals surface area (Å²) >= 11 is 0. The van der Waals surface area contributed by atoms with Gasteiger partial charge in [0, 0.05) is 35.1 Å². The highest BCUT2D eigenvalue weighted by Crippen LogP contribution is 2.14. The largest absolute Gasteiger partial charge is 0.361 e. The molecule has 0 saturated carbocycles. The van der Waals surface area contributed by atoms with Crippen LogP contribution in [0.4, 0.5) is 0 Å². The number of H-pyrrole nitrogens is 1. The van der Waals surface area contributed by atoms with Crippen molar-refractivity contribution < 1.29 is 4.79 Å². The van der Waals surface area contributed by atoms with Gasteiger partial charge in [0.1, 0.15) is 0 Å². The smallest absolute Gasteiger partial charge is 0.278 e. The van der Waals surface area contributed by atoms with Gasteiger partial charge in [-0.15, -0.1) is 0 Å². The molecule has 2 heterocycles. The van der Waals surface area contributed by atoms with E-state index < -0.39 is 0 Å². The lowest BCUT2D eigenvalue weighted by Gasteiger charge is -2.00. The predicted molar refractivity (Wildman–Crippen MR) is 60.3 cm³/mol. The molecule has 4 heteroatoms. The van der Waals surface area contributed by atoms with Gasteiger partial charge in [-0.1, -0.05) is 0 Å². The highest BCUT2D eigenvalue weighted by Gasteiger charge is 2.08. The molecule has 2 aromatic heterocycles. The van der Waals surface area contributed by atoms with Crippen molar-refractivity contribution in [3.8, 4) is 0 Å². The minimum atomic E-state index is -0.117. The van der Waals surface area contributed by atoms with Crippen LogP contribution in [0.15, 0.2) is 48.9 Å². The molecule has 3 rings (SSSR count). The topological polar surface area (TPSA) is 50.7 Å². The van der Waals surface area contributed by atoms with Crippen LogP contribution in [0.2, 0.25) is 0 Å². The Bertz CT molecular complexity index is 637. The minimum Gasteiger partial charge on any atom is -0.361 e. The molecule has 0 aliphatic carbocycles. The van der Waals surface area contributed by atoms with Crippen LogP contribution in [0.5, 0.6) is 0 Å². The lowest BCUT2D eigenvalue weighted by Crippen LogP contribution is -2.11. The molecule has 16 heavy (non-hydrogen) atoms. The molecule has 3 aromatic rings. The molecule has 0 aliphatic rings. The van der Waals surface area contributed by atoms with Crippen molar-refractivity contribution in [1.82, 2.24) is 14.8 Å². The molecule has 1 aromatic carbocycles. The Hall–Kier alpha value is -2.36. The summed E-state index contributed by atoms with van der Waals surface area (Å²) in [5.41, 5.74) is 1.66. The summed E-state index contributed by atoms with van der Waals surface area (Å²) in [5, 5.41) is 4.95. The van der Waals surface area contributed by atoms with Crippen molar-refractivity contribution in [3.05, 3.63) is 54.5 Å². The summed E-state index contributed by atoms with van der Waals surface area (Å²) in [7, 11) is 0.